The first kappa shape index (κ1) is 16.5. The Bertz CT molecular complexity index is 549. The van der Waals surface area contributed by atoms with E-state index in [9.17, 15) is 4.79 Å². The second kappa shape index (κ2) is 7.02. The van der Waals surface area contributed by atoms with Crippen molar-refractivity contribution >= 4 is 5.91 Å². The first-order chi connectivity index (χ1) is 11.1. The summed E-state index contributed by atoms with van der Waals surface area (Å²) in [7, 11) is 0. The summed E-state index contributed by atoms with van der Waals surface area (Å²) < 4.78 is 0. The normalized spacial score (nSPS) is 22.4. The van der Waals surface area contributed by atoms with Crippen LogP contribution in [0.5, 0.6) is 0 Å². The van der Waals surface area contributed by atoms with Gasteiger partial charge in [0.2, 0.25) is 5.91 Å². The van der Waals surface area contributed by atoms with E-state index in [1.807, 2.05) is 0 Å². The fraction of sp³-hybridized carbons (Fsp3) is 0.632. The molecule has 2 aliphatic rings. The van der Waals surface area contributed by atoms with Crippen molar-refractivity contribution in [3.63, 3.8) is 0 Å². The van der Waals surface area contributed by atoms with Gasteiger partial charge in [-0.1, -0.05) is 30.7 Å². The van der Waals surface area contributed by atoms with Crippen molar-refractivity contribution in [2.45, 2.75) is 57.7 Å². The number of carbonyl (C=O) groups is 1. The van der Waals surface area contributed by atoms with Crippen LogP contribution in [0.3, 0.4) is 0 Å². The van der Waals surface area contributed by atoms with Crippen LogP contribution in [-0.2, 0) is 17.8 Å². The predicted molar refractivity (Wildman–Crippen MR) is 93.3 cm³/mol. The van der Waals surface area contributed by atoms with Crippen LogP contribution in [0.2, 0.25) is 0 Å². The maximum absolute atomic E-state index is 12.3. The average Bonchev–Trinajstić information content (AvgIpc) is 2.60. The third-order valence-corrected chi connectivity index (χ3v) is 5.31. The van der Waals surface area contributed by atoms with Crippen LogP contribution in [0.1, 0.15) is 44.2 Å². The van der Waals surface area contributed by atoms with E-state index in [4.69, 9.17) is 0 Å². The lowest BCUT2D eigenvalue weighted by atomic mass is 9.94. The van der Waals surface area contributed by atoms with Crippen molar-refractivity contribution < 1.29 is 4.79 Å². The number of hydrogen-bond donors (Lipinski definition) is 2. The van der Waals surface area contributed by atoms with Gasteiger partial charge in [-0.3, -0.25) is 9.69 Å². The third-order valence-electron chi connectivity index (χ3n) is 5.31. The van der Waals surface area contributed by atoms with E-state index in [0.717, 1.165) is 38.9 Å². The average molecular weight is 315 g/mol. The molecule has 0 unspecified atom stereocenters. The second-order valence-corrected chi connectivity index (χ2v) is 7.47. The van der Waals surface area contributed by atoms with Gasteiger partial charge in [-0.15, -0.1) is 0 Å². The van der Waals surface area contributed by atoms with Crippen molar-refractivity contribution in [3.8, 4) is 0 Å². The summed E-state index contributed by atoms with van der Waals surface area (Å²) in [5, 5.41) is 6.49. The molecule has 4 heteroatoms. The Hall–Kier alpha value is -1.39. The van der Waals surface area contributed by atoms with Crippen molar-refractivity contribution in [2.24, 2.45) is 0 Å². The highest BCUT2D eigenvalue weighted by Crippen LogP contribution is 2.25. The molecule has 2 N–H and O–H groups in total. The van der Waals surface area contributed by atoms with E-state index in [0.29, 0.717) is 6.54 Å². The number of hydrogen-bond acceptors (Lipinski definition) is 3. The molecule has 1 aromatic rings. The van der Waals surface area contributed by atoms with Crippen LogP contribution < -0.4 is 10.6 Å². The topological polar surface area (TPSA) is 44.4 Å². The molecule has 1 aromatic carbocycles. The summed E-state index contributed by atoms with van der Waals surface area (Å²) >= 11 is 0. The van der Waals surface area contributed by atoms with Crippen molar-refractivity contribution in [1.29, 1.82) is 0 Å². The lowest BCUT2D eigenvalue weighted by Gasteiger charge is -2.42. The summed E-state index contributed by atoms with van der Waals surface area (Å²) in [5.41, 5.74) is 2.86. The quantitative estimate of drug-likeness (QED) is 0.894. The zero-order chi connectivity index (χ0) is 16.3. The lowest BCUT2D eigenvalue weighted by molar-refractivity contribution is -0.124. The molecular formula is C19H29N3O. The molecule has 0 aromatic heterocycles. The van der Waals surface area contributed by atoms with E-state index in [1.165, 1.54) is 17.5 Å². The Morgan fingerprint density at radius 2 is 2.09 bits per heavy atom. The van der Waals surface area contributed by atoms with E-state index >= 15 is 0 Å². The molecule has 1 fully saturated rings. The van der Waals surface area contributed by atoms with Crippen molar-refractivity contribution in [1.82, 2.24) is 15.5 Å². The van der Waals surface area contributed by atoms with Gasteiger partial charge in [-0.25, -0.2) is 0 Å². The zero-order valence-corrected chi connectivity index (χ0v) is 14.4. The van der Waals surface area contributed by atoms with Gasteiger partial charge in [0.05, 0.1) is 6.04 Å². The SMILES string of the molecule is CC(C)(CNC(=O)[C@H]1CCCCN1)N1CCc2ccccc2C1. The molecular weight excluding hydrogens is 286 g/mol. The van der Waals surface area contributed by atoms with Crippen molar-refractivity contribution in [3.05, 3.63) is 35.4 Å². The number of nitrogens with zero attached hydrogens (tertiary/aromatic N) is 1. The van der Waals surface area contributed by atoms with Gasteiger partial charge in [0.25, 0.3) is 0 Å². The number of carbonyl (C=O) groups excluding carboxylic acids is 1. The Balaban J connectivity index is 1.55. The maximum Gasteiger partial charge on any atom is 0.237 e. The molecule has 0 saturated carbocycles. The first-order valence-electron chi connectivity index (χ1n) is 8.89. The Labute approximate surface area is 139 Å². The van der Waals surface area contributed by atoms with Crippen molar-refractivity contribution in [2.75, 3.05) is 19.6 Å². The Kier molecular flexibility index (Phi) is 5.02. The molecule has 0 aliphatic carbocycles. The van der Waals surface area contributed by atoms with E-state index in [-0.39, 0.29) is 17.5 Å². The van der Waals surface area contributed by atoms with Gasteiger partial charge in [0, 0.05) is 25.2 Å². The summed E-state index contributed by atoms with van der Waals surface area (Å²) in [5.74, 6) is 0.162. The molecule has 3 rings (SSSR count). The fourth-order valence-electron chi connectivity index (χ4n) is 3.63. The maximum atomic E-state index is 12.3. The molecule has 2 heterocycles. The fourth-order valence-corrected chi connectivity index (χ4v) is 3.63. The predicted octanol–water partition coefficient (Wildman–Crippen LogP) is 2.08. The molecule has 2 aliphatic heterocycles. The van der Waals surface area contributed by atoms with Crippen LogP contribution in [-0.4, -0.2) is 42.0 Å². The van der Waals surface area contributed by atoms with Gasteiger partial charge in [-0.05, 0) is 50.8 Å². The number of benzene rings is 1. The number of amides is 1. The largest absolute Gasteiger partial charge is 0.353 e. The minimum atomic E-state index is -0.0299. The van der Waals surface area contributed by atoms with Gasteiger partial charge < -0.3 is 10.6 Å². The molecule has 1 amide bonds. The molecule has 0 spiro atoms. The smallest absolute Gasteiger partial charge is 0.237 e. The van der Waals surface area contributed by atoms with Gasteiger partial charge >= 0.3 is 0 Å². The Morgan fingerprint density at radius 1 is 1.30 bits per heavy atom. The zero-order valence-electron chi connectivity index (χ0n) is 14.4. The van der Waals surface area contributed by atoms with E-state index in [1.54, 1.807) is 0 Å². The molecule has 4 nitrogen and oxygen atoms in total. The molecule has 0 bridgehead atoms. The van der Waals surface area contributed by atoms with Gasteiger partial charge in [0.1, 0.15) is 0 Å². The van der Waals surface area contributed by atoms with Crippen LogP contribution >= 0.6 is 0 Å². The number of nitrogens with one attached hydrogen (secondary N) is 2. The minimum absolute atomic E-state index is 0.00151. The monoisotopic (exact) mass is 315 g/mol. The summed E-state index contributed by atoms with van der Waals surface area (Å²) in [6.07, 6.45) is 4.39. The van der Waals surface area contributed by atoms with Gasteiger partial charge in [-0.2, -0.15) is 0 Å². The first-order valence-corrected chi connectivity index (χ1v) is 8.89. The molecule has 23 heavy (non-hydrogen) atoms. The lowest BCUT2D eigenvalue weighted by Crippen LogP contribution is -2.55. The van der Waals surface area contributed by atoms with Gasteiger partial charge in [0.15, 0.2) is 0 Å². The molecule has 126 valence electrons. The van der Waals surface area contributed by atoms with Crippen LogP contribution in [0.15, 0.2) is 24.3 Å². The summed E-state index contributed by atoms with van der Waals surface area (Å²) in [4.78, 5) is 14.8. The minimum Gasteiger partial charge on any atom is -0.353 e. The van der Waals surface area contributed by atoms with Crippen LogP contribution in [0.25, 0.3) is 0 Å². The molecule has 1 atom stereocenters. The highest BCUT2D eigenvalue weighted by molar-refractivity contribution is 5.81. The summed E-state index contributed by atoms with van der Waals surface area (Å²) in [6.45, 7) is 8.16. The van der Waals surface area contributed by atoms with Crippen LogP contribution in [0, 0.1) is 0 Å². The molecule has 0 radical (unpaired) electrons. The second-order valence-electron chi connectivity index (χ2n) is 7.47. The summed E-state index contributed by atoms with van der Waals surface area (Å²) in [6, 6.07) is 8.70. The number of rotatable bonds is 4. The highest BCUT2D eigenvalue weighted by Gasteiger charge is 2.31. The Morgan fingerprint density at radius 3 is 2.83 bits per heavy atom. The van der Waals surface area contributed by atoms with E-state index < -0.39 is 0 Å². The standard InChI is InChI=1S/C19H29N3O/c1-19(2,14-21-18(23)17-9-5-6-11-20-17)22-12-10-15-7-3-4-8-16(15)13-22/h3-4,7-8,17,20H,5-6,9-14H2,1-2H3,(H,21,23)/t17-/m1/s1. The molecule has 1 saturated heterocycles. The third kappa shape index (κ3) is 3.93. The number of fused-ring (bicyclic) bond motifs is 1. The number of piperidine rings is 1. The van der Waals surface area contributed by atoms with E-state index in [2.05, 4.69) is 53.6 Å². The highest BCUT2D eigenvalue weighted by atomic mass is 16.2. The van der Waals surface area contributed by atoms with Crippen LogP contribution in [0.4, 0.5) is 0 Å².